The Morgan fingerprint density at radius 1 is 1.09 bits per heavy atom. The zero-order valence-electron chi connectivity index (χ0n) is 19.9. The Morgan fingerprint density at radius 3 is 2.24 bits per heavy atom. The Labute approximate surface area is 201 Å². The SMILES string of the molecule is Cc1ccc(Cl)cc1N(CC(=O)N(Cc1ccccc1)C(C)C(=O)NC(C)(C)C)S(C)(=O)=O. The number of halogens is 1. The number of rotatable bonds is 8. The zero-order chi connectivity index (χ0) is 25.0. The maximum atomic E-state index is 13.5. The molecule has 7 nitrogen and oxygen atoms in total. The maximum absolute atomic E-state index is 13.5. The molecule has 0 heterocycles. The van der Waals surface area contributed by atoms with Crippen molar-refractivity contribution < 1.29 is 18.0 Å². The second-order valence-corrected chi connectivity index (χ2v) is 11.5. The molecule has 0 bridgehead atoms. The van der Waals surface area contributed by atoms with Gasteiger partial charge in [-0.25, -0.2) is 8.42 Å². The van der Waals surface area contributed by atoms with Crippen LogP contribution >= 0.6 is 11.6 Å². The standard InChI is InChI=1S/C24H32ClN3O4S/c1-17-12-13-20(25)14-21(17)28(33(6,31)32)16-22(29)27(15-19-10-8-7-9-11-19)18(2)23(30)26-24(3,4)5/h7-14,18H,15-16H2,1-6H3,(H,26,30). The number of nitrogens with one attached hydrogen (secondary N) is 1. The van der Waals surface area contributed by atoms with Crippen LogP contribution in [0.5, 0.6) is 0 Å². The molecule has 1 N–H and O–H groups in total. The third kappa shape index (κ3) is 7.75. The Morgan fingerprint density at radius 2 is 1.70 bits per heavy atom. The zero-order valence-corrected chi connectivity index (χ0v) is 21.5. The van der Waals surface area contributed by atoms with E-state index >= 15 is 0 Å². The molecule has 0 aliphatic heterocycles. The Hall–Kier alpha value is -2.58. The molecule has 2 aromatic carbocycles. The van der Waals surface area contributed by atoms with Crippen LogP contribution in [0.2, 0.25) is 5.02 Å². The molecule has 33 heavy (non-hydrogen) atoms. The number of carbonyl (C=O) groups is 2. The highest BCUT2D eigenvalue weighted by Crippen LogP contribution is 2.26. The molecule has 0 aromatic heterocycles. The van der Waals surface area contributed by atoms with Gasteiger partial charge in [-0.1, -0.05) is 48.0 Å². The first kappa shape index (κ1) is 26.7. The number of nitrogens with zero attached hydrogens (tertiary/aromatic N) is 2. The van der Waals surface area contributed by atoms with Crippen molar-refractivity contribution in [3.8, 4) is 0 Å². The molecule has 2 aromatic rings. The normalized spacial score (nSPS) is 12.7. The van der Waals surface area contributed by atoms with Crippen LogP contribution in [-0.2, 0) is 26.2 Å². The number of carbonyl (C=O) groups excluding carboxylic acids is 2. The number of aryl methyl sites for hydroxylation is 1. The first-order valence-electron chi connectivity index (χ1n) is 10.6. The Balaban J connectivity index is 2.42. The van der Waals surface area contributed by atoms with E-state index in [0.29, 0.717) is 16.3 Å². The molecule has 9 heteroatoms. The van der Waals surface area contributed by atoms with Gasteiger partial charge in [-0.3, -0.25) is 13.9 Å². The van der Waals surface area contributed by atoms with E-state index in [1.807, 2.05) is 51.1 Å². The molecule has 2 rings (SSSR count). The quantitative estimate of drug-likeness (QED) is 0.606. The van der Waals surface area contributed by atoms with Gasteiger partial charge < -0.3 is 10.2 Å². The van der Waals surface area contributed by atoms with E-state index in [1.165, 1.54) is 11.0 Å². The van der Waals surface area contributed by atoms with Crippen LogP contribution in [0.25, 0.3) is 0 Å². The van der Waals surface area contributed by atoms with E-state index in [-0.39, 0.29) is 12.5 Å². The fourth-order valence-corrected chi connectivity index (χ4v) is 4.35. The van der Waals surface area contributed by atoms with Gasteiger partial charge in [-0.05, 0) is 57.9 Å². The van der Waals surface area contributed by atoms with Crippen molar-refractivity contribution in [3.63, 3.8) is 0 Å². The van der Waals surface area contributed by atoms with Crippen LogP contribution < -0.4 is 9.62 Å². The summed E-state index contributed by atoms with van der Waals surface area (Å²) >= 11 is 6.10. The molecule has 0 spiro atoms. The van der Waals surface area contributed by atoms with Gasteiger partial charge in [-0.15, -0.1) is 0 Å². The summed E-state index contributed by atoms with van der Waals surface area (Å²) in [6.45, 7) is 8.65. The van der Waals surface area contributed by atoms with E-state index in [2.05, 4.69) is 5.32 Å². The Bertz CT molecular complexity index is 1100. The van der Waals surface area contributed by atoms with Crippen molar-refractivity contribution >= 4 is 39.1 Å². The first-order chi connectivity index (χ1) is 15.2. The molecular weight excluding hydrogens is 462 g/mol. The van der Waals surface area contributed by atoms with E-state index in [0.717, 1.165) is 16.1 Å². The first-order valence-corrected chi connectivity index (χ1v) is 12.8. The highest BCUT2D eigenvalue weighted by Gasteiger charge is 2.31. The maximum Gasteiger partial charge on any atom is 0.244 e. The molecular formula is C24H32ClN3O4S. The van der Waals surface area contributed by atoms with Gasteiger partial charge in [0.1, 0.15) is 12.6 Å². The van der Waals surface area contributed by atoms with E-state index in [9.17, 15) is 18.0 Å². The minimum absolute atomic E-state index is 0.157. The average molecular weight is 494 g/mol. The van der Waals surface area contributed by atoms with Crippen LogP contribution in [-0.4, -0.2) is 49.5 Å². The topological polar surface area (TPSA) is 86.8 Å². The minimum atomic E-state index is -3.81. The molecule has 0 saturated carbocycles. The third-order valence-corrected chi connectivity index (χ3v) is 6.34. The summed E-state index contributed by atoms with van der Waals surface area (Å²) in [5, 5.41) is 3.25. The molecule has 0 fully saturated rings. The monoisotopic (exact) mass is 493 g/mol. The fraction of sp³-hybridized carbons (Fsp3) is 0.417. The second kappa shape index (κ2) is 10.6. The van der Waals surface area contributed by atoms with Gasteiger partial charge in [0.25, 0.3) is 0 Å². The van der Waals surface area contributed by atoms with Gasteiger partial charge in [-0.2, -0.15) is 0 Å². The molecule has 0 saturated heterocycles. The number of benzene rings is 2. The van der Waals surface area contributed by atoms with E-state index in [4.69, 9.17) is 11.6 Å². The number of sulfonamides is 1. The van der Waals surface area contributed by atoms with Crippen LogP contribution in [0.1, 0.15) is 38.8 Å². The summed E-state index contributed by atoms with van der Waals surface area (Å²) < 4.78 is 26.3. The molecule has 0 aliphatic carbocycles. The second-order valence-electron chi connectivity index (χ2n) is 9.12. The van der Waals surface area contributed by atoms with Crippen molar-refractivity contribution in [2.45, 2.75) is 52.7 Å². The number of hydrogen-bond acceptors (Lipinski definition) is 4. The van der Waals surface area contributed by atoms with Crippen LogP contribution in [0.3, 0.4) is 0 Å². The Kier molecular flexibility index (Phi) is 8.54. The van der Waals surface area contributed by atoms with E-state index < -0.39 is 34.1 Å². The molecule has 1 atom stereocenters. The van der Waals surface area contributed by atoms with Gasteiger partial charge in [0, 0.05) is 17.1 Å². The van der Waals surface area contributed by atoms with Crippen LogP contribution in [0.15, 0.2) is 48.5 Å². The lowest BCUT2D eigenvalue weighted by atomic mass is 10.1. The summed E-state index contributed by atoms with van der Waals surface area (Å²) in [6.07, 6.45) is 1.04. The predicted octanol–water partition coefficient (Wildman–Crippen LogP) is 3.75. The third-order valence-electron chi connectivity index (χ3n) is 4.98. The van der Waals surface area contributed by atoms with Gasteiger partial charge in [0.2, 0.25) is 21.8 Å². The van der Waals surface area contributed by atoms with Crippen LogP contribution in [0.4, 0.5) is 5.69 Å². The van der Waals surface area contributed by atoms with Gasteiger partial charge >= 0.3 is 0 Å². The summed E-state index contributed by atoms with van der Waals surface area (Å²) in [5.41, 5.74) is 1.32. The molecule has 2 amide bonds. The van der Waals surface area contributed by atoms with Crippen molar-refractivity contribution in [1.82, 2.24) is 10.2 Å². The molecule has 180 valence electrons. The van der Waals surface area contributed by atoms with Crippen molar-refractivity contribution in [2.24, 2.45) is 0 Å². The number of amides is 2. The summed E-state index contributed by atoms with van der Waals surface area (Å²) in [4.78, 5) is 27.8. The lowest BCUT2D eigenvalue weighted by Crippen LogP contribution is -2.54. The summed E-state index contributed by atoms with van der Waals surface area (Å²) in [5.74, 6) is -0.822. The fourth-order valence-electron chi connectivity index (χ4n) is 3.28. The minimum Gasteiger partial charge on any atom is -0.350 e. The number of hydrogen-bond donors (Lipinski definition) is 1. The van der Waals surface area contributed by atoms with Gasteiger partial charge in [0.15, 0.2) is 0 Å². The molecule has 1 unspecified atom stereocenters. The lowest BCUT2D eigenvalue weighted by molar-refractivity contribution is -0.140. The largest absolute Gasteiger partial charge is 0.350 e. The van der Waals surface area contributed by atoms with Crippen LogP contribution in [0, 0.1) is 6.92 Å². The average Bonchev–Trinajstić information content (AvgIpc) is 2.70. The van der Waals surface area contributed by atoms with Crippen molar-refractivity contribution in [2.75, 3.05) is 17.1 Å². The lowest BCUT2D eigenvalue weighted by Gasteiger charge is -2.33. The summed E-state index contributed by atoms with van der Waals surface area (Å²) in [7, 11) is -3.81. The molecule has 0 aliphatic rings. The molecule has 0 radical (unpaired) electrons. The predicted molar refractivity (Wildman–Crippen MR) is 133 cm³/mol. The summed E-state index contributed by atoms with van der Waals surface area (Å²) in [6, 6.07) is 13.3. The highest BCUT2D eigenvalue weighted by molar-refractivity contribution is 7.92. The van der Waals surface area contributed by atoms with Crippen molar-refractivity contribution in [3.05, 3.63) is 64.7 Å². The van der Waals surface area contributed by atoms with E-state index in [1.54, 1.807) is 26.0 Å². The number of anilines is 1. The highest BCUT2D eigenvalue weighted by atomic mass is 35.5. The van der Waals surface area contributed by atoms with Crippen molar-refractivity contribution in [1.29, 1.82) is 0 Å². The smallest absolute Gasteiger partial charge is 0.244 e. The van der Waals surface area contributed by atoms with Gasteiger partial charge in [0.05, 0.1) is 11.9 Å².